The van der Waals surface area contributed by atoms with Gasteiger partial charge in [-0.2, -0.15) is 0 Å². The molecule has 0 saturated carbocycles. The molecule has 0 unspecified atom stereocenters. The van der Waals surface area contributed by atoms with Crippen LogP contribution in [0.15, 0.2) is 48.7 Å². The van der Waals surface area contributed by atoms with Crippen LogP contribution >= 0.6 is 0 Å². The second-order valence-corrected chi connectivity index (χ2v) is 7.31. The van der Waals surface area contributed by atoms with E-state index in [1.54, 1.807) is 13.2 Å². The quantitative estimate of drug-likeness (QED) is 0.697. The van der Waals surface area contributed by atoms with Gasteiger partial charge >= 0.3 is 0 Å². The van der Waals surface area contributed by atoms with Crippen molar-refractivity contribution in [1.29, 1.82) is 0 Å². The molecule has 2 aliphatic heterocycles. The maximum atomic E-state index is 13.6. The molecule has 5 heteroatoms. The van der Waals surface area contributed by atoms with E-state index in [2.05, 4.69) is 16.4 Å². The molecule has 0 amide bonds. The van der Waals surface area contributed by atoms with E-state index in [1.165, 1.54) is 0 Å². The number of benzene rings is 2. The first kappa shape index (κ1) is 16.5. The number of nitrogens with one attached hydrogen (secondary N) is 2. The lowest BCUT2D eigenvalue weighted by molar-refractivity contribution is -0.0805. The molecule has 0 bridgehead atoms. The number of ketones is 1. The van der Waals surface area contributed by atoms with Crippen molar-refractivity contribution < 1.29 is 14.3 Å². The van der Waals surface area contributed by atoms with Crippen molar-refractivity contribution >= 4 is 16.7 Å². The molecule has 1 atom stereocenters. The van der Waals surface area contributed by atoms with Gasteiger partial charge in [-0.15, -0.1) is 0 Å². The van der Waals surface area contributed by atoms with Gasteiger partial charge < -0.3 is 19.8 Å². The average molecular weight is 362 g/mol. The van der Waals surface area contributed by atoms with Crippen molar-refractivity contribution in [3.63, 3.8) is 0 Å². The summed E-state index contributed by atoms with van der Waals surface area (Å²) in [6.07, 6.45) is 3.02. The lowest BCUT2D eigenvalue weighted by atomic mass is 9.84. The standard InChI is InChI=1S/C22H22N2O3/c1-26-15-12-14-6-9-24-19(14)17(13-15)20(25)21-16-4-2-3-5-18(16)22(27-21)7-10-23-11-8-22/h2-6,9,12-13,21,23-24H,7-8,10-11H2,1H3/t21-/m1/s1. The number of methoxy groups -OCH3 is 1. The summed E-state index contributed by atoms with van der Waals surface area (Å²) in [4.78, 5) is 16.8. The highest BCUT2D eigenvalue weighted by molar-refractivity contribution is 6.10. The molecule has 1 spiro atoms. The van der Waals surface area contributed by atoms with Gasteiger partial charge in [-0.3, -0.25) is 4.79 Å². The fraction of sp³-hybridized carbons (Fsp3) is 0.318. The summed E-state index contributed by atoms with van der Waals surface area (Å²) in [7, 11) is 1.62. The maximum absolute atomic E-state index is 13.6. The molecular weight excluding hydrogens is 340 g/mol. The second kappa shape index (κ2) is 6.22. The molecule has 1 fully saturated rings. The summed E-state index contributed by atoms with van der Waals surface area (Å²) >= 11 is 0. The molecule has 0 aliphatic carbocycles. The summed E-state index contributed by atoms with van der Waals surface area (Å²) in [6.45, 7) is 1.80. The number of H-pyrrole nitrogens is 1. The Labute approximate surface area is 157 Å². The predicted molar refractivity (Wildman–Crippen MR) is 103 cm³/mol. The first-order chi connectivity index (χ1) is 13.2. The zero-order valence-corrected chi connectivity index (χ0v) is 15.2. The van der Waals surface area contributed by atoms with Crippen LogP contribution in [0, 0.1) is 0 Å². The van der Waals surface area contributed by atoms with Crippen LogP contribution in [-0.2, 0) is 10.3 Å². The van der Waals surface area contributed by atoms with Gasteiger partial charge in [-0.05, 0) is 55.3 Å². The Bertz CT molecular complexity index is 1020. The van der Waals surface area contributed by atoms with Gasteiger partial charge in [-0.25, -0.2) is 0 Å². The van der Waals surface area contributed by atoms with Crippen LogP contribution in [0.2, 0.25) is 0 Å². The highest BCUT2D eigenvalue weighted by Crippen LogP contribution is 2.49. The molecule has 138 valence electrons. The fourth-order valence-corrected chi connectivity index (χ4v) is 4.50. The Morgan fingerprint density at radius 3 is 2.81 bits per heavy atom. The van der Waals surface area contributed by atoms with Gasteiger partial charge in [0.1, 0.15) is 11.9 Å². The fourth-order valence-electron chi connectivity index (χ4n) is 4.50. The minimum atomic E-state index is -0.585. The summed E-state index contributed by atoms with van der Waals surface area (Å²) in [5, 5.41) is 4.35. The van der Waals surface area contributed by atoms with Gasteiger partial charge in [0, 0.05) is 17.1 Å². The SMILES string of the molecule is COc1cc(C(=O)[C@@H]2OC3(CCNCC3)c3ccccc32)c2[nH]ccc2c1. The Morgan fingerprint density at radius 1 is 1.19 bits per heavy atom. The number of hydrogen-bond donors (Lipinski definition) is 2. The van der Waals surface area contributed by atoms with E-state index in [9.17, 15) is 4.79 Å². The molecule has 3 aromatic rings. The topological polar surface area (TPSA) is 63.4 Å². The Morgan fingerprint density at radius 2 is 2.00 bits per heavy atom. The van der Waals surface area contributed by atoms with Gasteiger partial charge in [0.05, 0.1) is 18.2 Å². The molecule has 1 aromatic heterocycles. The number of aromatic amines is 1. The van der Waals surface area contributed by atoms with Crippen molar-refractivity contribution in [3.8, 4) is 5.75 Å². The van der Waals surface area contributed by atoms with Crippen molar-refractivity contribution in [3.05, 3.63) is 65.4 Å². The van der Waals surface area contributed by atoms with Gasteiger partial charge in [0.25, 0.3) is 0 Å². The molecule has 3 heterocycles. The number of carbonyl (C=O) groups is 1. The van der Waals surface area contributed by atoms with Crippen molar-refractivity contribution in [2.75, 3.05) is 20.2 Å². The molecule has 1 saturated heterocycles. The van der Waals surface area contributed by atoms with Crippen LogP contribution in [0.25, 0.3) is 10.9 Å². The first-order valence-corrected chi connectivity index (χ1v) is 9.39. The number of fused-ring (bicyclic) bond motifs is 3. The summed E-state index contributed by atoms with van der Waals surface area (Å²) in [5.74, 6) is 0.650. The van der Waals surface area contributed by atoms with E-state index in [0.29, 0.717) is 11.3 Å². The van der Waals surface area contributed by atoms with Crippen molar-refractivity contribution in [2.24, 2.45) is 0 Å². The highest BCUT2D eigenvalue weighted by Gasteiger charge is 2.48. The van der Waals surface area contributed by atoms with E-state index in [0.717, 1.165) is 48.0 Å². The zero-order valence-electron chi connectivity index (χ0n) is 15.2. The molecule has 0 radical (unpaired) electrons. The van der Waals surface area contributed by atoms with Crippen molar-refractivity contribution in [1.82, 2.24) is 10.3 Å². The van der Waals surface area contributed by atoms with Crippen LogP contribution in [0.5, 0.6) is 5.75 Å². The minimum absolute atomic E-state index is 0.0239. The number of aromatic nitrogens is 1. The number of hydrogen-bond acceptors (Lipinski definition) is 4. The van der Waals surface area contributed by atoms with E-state index in [1.807, 2.05) is 36.5 Å². The summed E-state index contributed by atoms with van der Waals surface area (Å²) < 4.78 is 11.9. The van der Waals surface area contributed by atoms with Crippen molar-refractivity contribution in [2.45, 2.75) is 24.5 Å². The smallest absolute Gasteiger partial charge is 0.198 e. The average Bonchev–Trinajstić information content (AvgIpc) is 3.31. The van der Waals surface area contributed by atoms with Gasteiger partial charge in [0.15, 0.2) is 5.78 Å². The normalized spacial score (nSPS) is 20.7. The third-order valence-corrected chi connectivity index (χ3v) is 5.86. The Kier molecular flexibility index (Phi) is 3.81. The molecule has 2 aromatic carbocycles. The number of piperidine rings is 1. The highest BCUT2D eigenvalue weighted by atomic mass is 16.5. The molecule has 5 rings (SSSR count). The molecule has 5 nitrogen and oxygen atoms in total. The van der Waals surface area contributed by atoms with Crippen LogP contribution < -0.4 is 10.1 Å². The lowest BCUT2D eigenvalue weighted by Gasteiger charge is -2.34. The molecule has 2 aliphatic rings. The van der Waals surface area contributed by atoms with E-state index < -0.39 is 6.10 Å². The number of carbonyl (C=O) groups excluding carboxylic acids is 1. The predicted octanol–water partition coefficient (Wildman–Crippen LogP) is 3.71. The number of ether oxygens (including phenoxy) is 2. The van der Waals surface area contributed by atoms with Gasteiger partial charge in [0.2, 0.25) is 0 Å². The third-order valence-electron chi connectivity index (χ3n) is 5.86. The molecule has 2 N–H and O–H groups in total. The lowest BCUT2D eigenvalue weighted by Crippen LogP contribution is -2.40. The first-order valence-electron chi connectivity index (χ1n) is 9.39. The maximum Gasteiger partial charge on any atom is 0.198 e. The monoisotopic (exact) mass is 362 g/mol. The Balaban J connectivity index is 1.61. The molecular formula is C22H22N2O3. The molecule has 27 heavy (non-hydrogen) atoms. The third kappa shape index (κ3) is 2.50. The van der Waals surface area contributed by atoms with E-state index >= 15 is 0 Å². The summed E-state index contributed by atoms with van der Waals surface area (Å²) in [6, 6.07) is 13.9. The summed E-state index contributed by atoms with van der Waals surface area (Å²) in [5.41, 5.74) is 3.23. The minimum Gasteiger partial charge on any atom is -0.497 e. The number of rotatable bonds is 3. The van der Waals surface area contributed by atoms with E-state index in [-0.39, 0.29) is 11.4 Å². The second-order valence-electron chi connectivity index (χ2n) is 7.31. The van der Waals surface area contributed by atoms with E-state index in [4.69, 9.17) is 9.47 Å². The van der Waals surface area contributed by atoms with Crippen LogP contribution in [0.3, 0.4) is 0 Å². The zero-order chi connectivity index (χ0) is 18.4. The van der Waals surface area contributed by atoms with Crippen LogP contribution in [0.1, 0.15) is 40.4 Å². The number of Topliss-reactive ketones (excluding diaryl/α,β-unsaturated/α-hetero) is 1. The Hall–Kier alpha value is -2.63. The largest absolute Gasteiger partial charge is 0.497 e. The van der Waals surface area contributed by atoms with Crippen LogP contribution in [0.4, 0.5) is 0 Å². The van der Waals surface area contributed by atoms with Crippen LogP contribution in [-0.4, -0.2) is 31.0 Å². The van der Waals surface area contributed by atoms with Gasteiger partial charge in [-0.1, -0.05) is 24.3 Å².